The van der Waals surface area contributed by atoms with Gasteiger partial charge in [0.1, 0.15) is 6.61 Å². The van der Waals surface area contributed by atoms with Crippen LogP contribution in [0.3, 0.4) is 0 Å². The van der Waals surface area contributed by atoms with Gasteiger partial charge in [0.2, 0.25) is 0 Å². The molecule has 0 fully saturated rings. The molecule has 2 aromatic rings. The van der Waals surface area contributed by atoms with Crippen molar-refractivity contribution in [2.24, 2.45) is 0 Å². The maximum absolute atomic E-state index is 6.18. The Hall–Kier alpha value is -1.27. The molecule has 0 radical (unpaired) electrons. The molecule has 0 atom stereocenters. The Bertz CT molecular complexity index is 695. The molecule has 0 unspecified atom stereocenters. The second-order valence-corrected chi connectivity index (χ2v) is 7.22. The monoisotopic (exact) mass is 426 g/mol. The first-order valence-corrected chi connectivity index (χ1v) is 9.26. The molecule has 0 amide bonds. The van der Waals surface area contributed by atoms with E-state index < -0.39 is 0 Å². The SMILES string of the molecule is COc1cc(CNCCN(C)C)c(Br)cc1OCc1ccccc1Cl. The van der Waals surface area contributed by atoms with Gasteiger partial charge in [0.15, 0.2) is 11.5 Å². The summed E-state index contributed by atoms with van der Waals surface area (Å²) >= 11 is 9.80. The van der Waals surface area contributed by atoms with Crippen LogP contribution < -0.4 is 14.8 Å². The standard InChI is InChI=1S/C19H24BrClN2O2/c1-23(2)9-8-22-12-15-10-18(24-3)19(11-16(15)20)25-13-14-6-4-5-7-17(14)21/h4-7,10-11,22H,8-9,12-13H2,1-3H3. The summed E-state index contributed by atoms with van der Waals surface area (Å²) in [6.45, 7) is 3.07. The number of halogens is 2. The Labute approximate surface area is 163 Å². The normalized spacial score (nSPS) is 11.0. The quantitative estimate of drug-likeness (QED) is 0.604. The molecular weight excluding hydrogens is 404 g/mol. The van der Waals surface area contributed by atoms with Crippen LogP contribution in [-0.2, 0) is 13.2 Å². The summed E-state index contributed by atoms with van der Waals surface area (Å²) in [4.78, 5) is 2.15. The van der Waals surface area contributed by atoms with E-state index in [1.165, 1.54) is 0 Å². The molecule has 0 bridgehead atoms. The maximum Gasteiger partial charge on any atom is 0.162 e. The zero-order chi connectivity index (χ0) is 18.2. The average Bonchev–Trinajstić information content (AvgIpc) is 2.59. The molecule has 6 heteroatoms. The molecule has 25 heavy (non-hydrogen) atoms. The van der Waals surface area contributed by atoms with Gasteiger partial charge < -0.3 is 19.7 Å². The van der Waals surface area contributed by atoms with Gasteiger partial charge in [0, 0.05) is 34.7 Å². The lowest BCUT2D eigenvalue weighted by Gasteiger charge is -2.15. The van der Waals surface area contributed by atoms with Crippen LogP contribution in [0, 0.1) is 0 Å². The number of nitrogens with one attached hydrogen (secondary N) is 1. The summed E-state index contributed by atoms with van der Waals surface area (Å²) < 4.78 is 12.4. The predicted molar refractivity (Wildman–Crippen MR) is 107 cm³/mol. The van der Waals surface area contributed by atoms with Gasteiger partial charge in [-0.3, -0.25) is 0 Å². The molecule has 0 aliphatic carbocycles. The third kappa shape index (κ3) is 6.19. The lowest BCUT2D eigenvalue weighted by molar-refractivity contribution is 0.284. The van der Waals surface area contributed by atoms with E-state index in [9.17, 15) is 0 Å². The van der Waals surface area contributed by atoms with Crippen LogP contribution in [0.25, 0.3) is 0 Å². The molecule has 2 rings (SSSR count). The minimum atomic E-state index is 0.392. The van der Waals surface area contributed by atoms with Gasteiger partial charge in [0.25, 0.3) is 0 Å². The Balaban J connectivity index is 2.04. The molecule has 2 aromatic carbocycles. The number of nitrogens with zero attached hydrogens (tertiary/aromatic N) is 1. The van der Waals surface area contributed by atoms with Crippen LogP contribution in [0.5, 0.6) is 11.5 Å². The largest absolute Gasteiger partial charge is 0.493 e. The summed E-state index contributed by atoms with van der Waals surface area (Å²) in [6, 6.07) is 11.6. The second kappa shape index (κ2) is 10.0. The first-order chi connectivity index (χ1) is 12.0. The van der Waals surface area contributed by atoms with Crippen molar-refractivity contribution in [1.29, 1.82) is 0 Å². The van der Waals surface area contributed by atoms with Crippen molar-refractivity contribution >= 4 is 27.5 Å². The van der Waals surface area contributed by atoms with Crippen molar-refractivity contribution in [2.75, 3.05) is 34.3 Å². The highest BCUT2D eigenvalue weighted by molar-refractivity contribution is 9.10. The van der Waals surface area contributed by atoms with Crippen molar-refractivity contribution in [3.05, 3.63) is 57.0 Å². The first kappa shape index (κ1) is 20.0. The fourth-order valence-electron chi connectivity index (χ4n) is 2.28. The van der Waals surface area contributed by atoms with Gasteiger partial charge in [-0.15, -0.1) is 0 Å². The minimum absolute atomic E-state index is 0.392. The fourth-order valence-corrected chi connectivity index (χ4v) is 2.93. The van der Waals surface area contributed by atoms with Gasteiger partial charge in [-0.2, -0.15) is 0 Å². The summed E-state index contributed by atoms with van der Waals surface area (Å²) in [5.41, 5.74) is 2.07. The van der Waals surface area contributed by atoms with Crippen molar-refractivity contribution < 1.29 is 9.47 Å². The fraction of sp³-hybridized carbons (Fsp3) is 0.368. The Morgan fingerprint density at radius 2 is 1.88 bits per heavy atom. The van der Waals surface area contributed by atoms with Crippen LogP contribution in [-0.4, -0.2) is 39.2 Å². The lowest BCUT2D eigenvalue weighted by Crippen LogP contribution is -2.26. The van der Waals surface area contributed by atoms with Gasteiger partial charge in [-0.25, -0.2) is 0 Å². The van der Waals surface area contributed by atoms with E-state index in [0.29, 0.717) is 23.1 Å². The van der Waals surface area contributed by atoms with Crippen LogP contribution in [0.2, 0.25) is 5.02 Å². The van der Waals surface area contributed by atoms with Gasteiger partial charge >= 0.3 is 0 Å². The third-order valence-electron chi connectivity index (χ3n) is 3.72. The highest BCUT2D eigenvalue weighted by atomic mass is 79.9. The molecule has 4 nitrogen and oxygen atoms in total. The average molecular weight is 428 g/mol. The number of likely N-dealkylation sites (N-methyl/N-ethyl adjacent to an activating group) is 1. The van der Waals surface area contributed by atoms with Gasteiger partial charge in [-0.05, 0) is 37.9 Å². The predicted octanol–water partition coefficient (Wildman–Crippen LogP) is 4.34. The minimum Gasteiger partial charge on any atom is -0.493 e. The van der Waals surface area contributed by atoms with E-state index in [1.807, 2.05) is 36.4 Å². The topological polar surface area (TPSA) is 33.7 Å². The molecule has 0 saturated carbocycles. The van der Waals surface area contributed by atoms with Crippen molar-refractivity contribution in [3.8, 4) is 11.5 Å². The number of hydrogen-bond acceptors (Lipinski definition) is 4. The van der Waals surface area contributed by atoms with Crippen LogP contribution in [0.4, 0.5) is 0 Å². The van der Waals surface area contributed by atoms with Gasteiger partial charge in [-0.1, -0.05) is 45.7 Å². The smallest absolute Gasteiger partial charge is 0.162 e. The lowest BCUT2D eigenvalue weighted by atomic mass is 10.2. The Morgan fingerprint density at radius 3 is 2.56 bits per heavy atom. The molecule has 0 spiro atoms. The van der Waals surface area contributed by atoms with E-state index in [4.69, 9.17) is 21.1 Å². The number of ether oxygens (including phenoxy) is 2. The van der Waals surface area contributed by atoms with E-state index in [-0.39, 0.29) is 0 Å². The van der Waals surface area contributed by atoms with Crippen molar-refractivity contribution in [3.63, 3.8) is 0 Å². The number of methoxy groups -OCH3 is 1. The highest BCUT2D eigenvalue weighted by Gasteiger charge is 2.11. The molecule has 136 valence electrons. The zero-order valence-electron chi connectivity index (χ0n) is 14.8. The zero-order valence-corrected chi connectivity index (χ0v) is 17.2. The molecule has 0 aromatic heterocycles. The summed E-state index contributed by atoms with van der Waals surface area (Å²) in [7, 11) is 5.77. The summed E-state index contributed by atoms with van der Waals surface area (Å²) in [5, 5.41) is 4.12. The Kier molecular flexibility index (Phi) is 8.03. The first-order valence-electron chi connectivity index (χ1n) is 8.09. The van der Waals surface area contributed by atoms with E-state index in [2.05, 4.69) is 40.2 Å². The van der Waals surface area contributed by atoms with Crippen molar-refractivity contribution in [2.45, 2.75) is 13.2 Å². The molecule has 0 aliphatic rings. The van der Waals surface area contributed by atoms with Crippen molar-refractivity contribution in [1.82, 2.24) is 10.2 Å². The molecule has 0 aliphatic heterocycles. The van der Waals surface area contributed by atoms with E-state index >= 15 is 0 Å². The van der Waals surface area contributed by atoms with E-state index in [1.54, 1.807) is 7.11 Å². The molecule has 0 saturated heterocycles. The van der Waals surface area contributed by atoms with Crippen LogP contribution >= 0.6 is 27.5 Å². The van der Waals surface area contributed by atoms with Crippen LogP contribution in [0.15, 0.2) is 40.9 Å². The number of rotatable bonds is 9. The third-order valence-corrected chi connectivity index (χ3v) is 4.83. The molecule has 0 heterocycles. The molecular formula is C19H24BrClN2O2. The number of hydrogen-bond donors (Lipinski definition) is 1. The highest BCUT2D eigenvalue weighted by Crippen LogP contribution is 2.34. The Morgan fingerprint density at radius 1 is 1.12 bits per heavy atom. The van der Waals surface area contributed by atoms with Crippen LogP contribution in [0.1, 0.15) is 11.1 Å². The number of benzene rings is 2. The van der Waals surface area contributed by atoms with E-state index in [0.717, 1.165) is 35.2 Å². The van der Waals surface area contributed by atoms with Gasteiger partial charge in [0.05, 0.1) is 7.11 Å². The summed E-state index contributed by atoms with van der Waals surface area (Å²) in [6.07, 6.45) is 0. The maximum atomic E-state index is 6.18. The molecule has 1 N–H and O–H groups in total. The summed E-state index contributed by atoms with van der Waals surface area (Å²) in [5.74, 6) is 1.39. The second-order valence-electron chi connectivity index (χ2n) is 5.95.